The summed E-state index contributed by atoms with van der Waals surface area (Å²) in [7, 11) is 0. The number of rotatable bonds is 5. The summed E-state index contributed by atoms with van der Waals surface area (Å²) in [5.41, 5.74) is 8.02. The largest absolute Gasteiger partial charge is 0.399 e. The van der Waals surface area contributed by atoms with E-state index in [1.165, 1.54) is 5.56 Å². The van der Waals surface area contributed by atoms with Gasteiger partial charge in [-0.05, 0) is 31.0 Å². The molecule has 0 saturated carbocycles. The van der Waals surface area contributed by atoms with Gasteiger partial charge in [0.2, 0.25) is 0 Å². The normalized spacial score (nSPS) is 10.8. The van der Waals surface area contributed by atoms with Crippen molar-refractivity contribution in [1.29, 1.82) is 0 Å². The van der Waals surface area contributed by atoms with Gasteiger partial charge in [-0.1, -0.05) is 32.0 Å². The highest BCUT2D eigenvalue weighted by molar-refractivity contribution is 5.46. The number of hydrogen-bond acceptors (Lipinski definition) is 2. The molecule has 0 heterocycles. The molecule has 0 bridgehead atoms. The predicted octanol–water partition coefficient (Wildman–Crippen LogP) is 2.20. The Hall–Kier alpha value is -1.02. The fourth-order valence-corrected chi connectivity index (χ4v) is 1.43. The molecule has 0 radical (unpaired) electrons. The van der Waals surface area contributed by atoms with Gasteiger partial charge in [0.25, 0.3) is 0 Å². The molecule has 1 rings (SSSR count). The number of nitrogens with two attached hydrogens (primary N) is 1. The second kappa shape index (κ2) is 5.66. The first kappa shape index (κ1) is 11.1. The third-order valence-corrected chi connectivity index (χ3v) is 2.23. The van der Waals surface area contributed by atoms with E-state index in [0.717, 1.165) is 25.1 Å². The Labute approximate surface area is 86.5 Å². The Kier molecular flexibility index (Phi) is 4.47. The summed E-state index contributed by atoms with van der Waals surface area (Å²) in [6.07, 6.45) is 2.21. The van der Waals surface area contributed by atoms with Crippen molar-refractivity contribution in [3.63, 3.8) is 0 Å². The van der Waals surface area contributed by atoms with Gasteiger partial charge >= 0.3 is 0 Å². The fraction of sp³-hybridized carbons (Fsp3) is 0.500. The molecule has 78 valence electrons. The first-order valence-corrected chi connectivity index (χ1v) is 5.27. The van der Waals surface area contributed by atoms with Gasteiger partial charge in [-0.15, -0.1) is 0 Å². The van der Waals surface area contributed by atoms with Crippen LogP contribution in [0.3, 0.4) is 0 Å². The average molecular weight is 192 g/mol. The van der Waals surface area contributed by atoms with Crippen LogP contribution in [0.15, 0.2) is 24.3 Å². The lowest BCUT2D eigenvalue weighted by atomic mass is 10.1. The number of nitrogen functional groups attached to an aromatic ring is 1. The number of para-hydroxylation sites is 1. The molecule has 0 aliphatic heterocycles. The van der Waals surface area contributed by atoms with E-state index in [-0.39, 0.29) is 0 Å². The third kappa shape index (κ3) is 3.79. The molecule has 0 fully saturated rings. The molecule has 0 unspecified atom stereocenters. The van der Waals surface area contributed by atoms with E-state index in [4.69, 9.17) is 5.73 Å². The van der Waals surface area contributed by atoms with E-state index < -0.39 is 0 Å². The van der Waals surface area contributed by atoms with Crippen LogP contribution in [-0.2, 0) is 6.42 Å². The second-order valence-corrected chi connectivity index (χ2v) is 3.91. The van der Waals surface area contributed by atoms with Gasteiger partial charge in [-0.3, -0.25) is 0 Å². The molecule has 0 aromatic heterocycles. The van der Waals surface area contributed by atoms with Crippen LogP contribution in [-0.4, -0.2) is 12.6 Å². The summed E-state index contributed by atoms with van der Waals surface area (Å²) in [5, 5.41) is 3.39. The molecule has 2 heteroatoms. The van der Waals surface area contributed by atoms with E-state index in [9.17, 15) is 0 Å². The number of benzene rings is 1. The highest BCUT2D eigenvalue weighted by Gasteiger charge is 1.97. The van der Waals surface area contributed by atoms with E-state index in [2.05, 4.69) is 25.2 Å². The summed E-state index contributed by atoms with van der Waals surface area (Å²) in [5.74, 6) is 0. The van der Waals surface area contributed by atoms with Crippen LogP contribution >= 0.6 is 0 Å². The lowest BCUT2D eigenvalue weighted by molar-refractivity contribution is 0.571. The third-order valence-electron chi connectivity index (χ3n) is 2.23. The topological polar surface area (TPSA) is 38.0 Å². The fourth-order valence-electron chi connectivity index (χ4n) is 1.43. The molecule has 1 aromatic rings. The van der Waals surface area contributed by atoms with Crippen molar-refractivity contribution >= 4 is 5.69 Å². The Morgan fingerprint density at radius 2 is 2.00 bits per heavy atom. The zero-order valence-electron chi connectivity index (χ0n) is 9.09. The van der Waals surface area contributed by atoms with Crippen LogP contribution in [0.4, 0.5) is 5.69 Å². The smallest absolute Gasteiger partial charge is 0.0346 e. The SMILES string of the molecule is CC(C)NCCCc1ccccc1N. The first-order valence-electron chi connectivity index (χ1n) is 5.27. The minimum absolute atomic E-state index is 0.572. The van der Waals surface area contributed by atoms with Crippen LogP contribution in [0.5, 0.6) is 0 Å². The maximum Gasteiger partial charge on any atom is 0.0346 e. The average Bonchev–Trinajstić information content (AvgIpc) is 2.15. The van der Waals surface area contributed by atoms with E-state index in [0.29, 0.717) is 6.04 Å². The standard InChI is InChI=1S/C12H20N2/c1-10(2)14-9-5-7-11-6-3-4-8-12(11)13/h3-4,6,8,10,14H,5,7,9,13H2,1-2H3. The highest BCUT2D eigenvalue weighted by Crippen LogP contribution is 2.11. The molecule has 0 aliphatic carbocycles. The van der Waals surface area contributed by atoms with Crippen molar-refractivity contribution in [2.24, 2.45) is 0 Å². The monoisotopic (exact) mass is 192 g/mol. The van der Waals surface area contributed by atoms with Crippen molar-refractivity contribution in [3.05, 3.63) is 29.8 Å². The minimum atomic E-state index is 0.572. The molecular formula is C12H20N2. The van der Waals surface area contributed by atoms with Crippen LogP contribution < -0.4 is 11.1 Å². The number of aryl methyl sites for hydroxylation is 1. The number of hydrogen-bond donors (Lipinski definition) is 2. The molecule has 0 saturated heterocycles. The first-order chi connectivity index (χ1) is 6.70. The van der Waals surface area contributed by atoms with E-state index in [1.807, 2.05) is 18.2 Å². The predicted molar refractivity (Wildman–Crippen MR) is 62.3 cm³/mol. The Bertz CT molecular complexity index is 269. The van der Waals surface area contributed by atoms with E-state index in [1.54, 1.807) is 0 Å². The van der Waals surface area contributed by atoms with Gasteiger partial charge in [0, 0.05) is 11.7 Å². The number of anilines is 1. The maximum atomic E-state index is 5.84. The van der Waals surface area contributed by atoms with Gasteiger partial charge in [0.05, 0.1) is 0 Å². The Morgan fingerprint density at radius 3 is 2.64 bits per heavy atom. The zero-order chi connectivity index (χ0) is 10.4. The maximum absolute atomic E-state index is 5.84. The van der Waals surface area contributed by atoms with Gasteiger partial charge in [0.15, 0.2) is 0 Å². The molecule has 2 nitrogen and oxygen atoms in total. The summed E-state index contributed by atoms with van der Waals surface area (Å²) in [6.45, 7) is 5.39. The lowest BCUT2D eigenvalue weighted by Gasteiger charge is -2.08. The molecule has 0 spiro atoms. The highest BCUT2D eigenvalue weighted by atomic mass is 14.9. The molecular weight excluding hydrogens is 172 g/mol. The molecule has 0 aliphatic rings. The molecule has 1 aromatic carbocycles. The van der Waals surface area contributed by atoms with Gasteiger partial charge in [-0.25, -0.2) is 0 Å². The van der Waals surface area contributed by atoms with Crippen molar-refractivity contribution in [2.75, 3.05) is 12.3 Å². The summed E-state index contributed by atoms with van der Waals surface area (Å²) in [4.78, 5) is 0. The molecule has 3 N–H and O–H groups in total. The summed E-state index contributed by atoms with van der Waals surface area (Å²) in [6, 6.07) is 8.66. The molecule has 14 heavy (non-hydrogen) atoms. The molecule has 0 atom stereocenters. The Balaban J connectivity index is 2.28. The van der Waals surface area contributed by atoms with Gasteiger partial charge < -0.3 is 11.1 Å². The lowest BCUT2D eigenvalue weighted by Crippen LogP contribution is -2.23. The van der Waals surface area contributed by atoms with Crippen molar-refractivity contribution < 1.29 is 0 Å². The van der Waals surface area contributed by atoms with Crippen LogP contribution in [0, 0.1) is 0 Å². The van der Waals surface area contributed by atoms with Crippen LogP contribution in [0.1, 0.15) is 25.8 Å². The zero-order valence-corrected chi connectivity index (χ0v) is 9.09. The molecule has 0 amide bonds. The van der Waals surface area contributed by atoms with Crippen molar-refractivity contribution in [2.45, 2.75) is 32.7 Å². The van der Waals surface area contributed by atoms with Gasteiger partial charge in [0.1, 0.15) is 0 Å². The van der Waals surface area contributed by atoms with Gasteiger partial charge in [-0.2, -0.15) is 0 Å². The second-order valence-electron chi connectivity index (χ2n) is 3.91. The minimum Gasteiger partial charge on any atom is -0.399 e. The quantitative estimate of drug-likeness (QED) is 0.554. The summed E-state index contributed by atoms with van der Waals surface area (Å²) < 4.78 is 0. The summed E-state index contributed by atoms with van der Waals surface area (Å²) >= 11 is 0. The van der Waals surface area contributed by atoms with Crippen molar-refractivity contribution in [3.8, 4) is 0 Å². The van der Waals surface area contributed by atoms with E-state index >= 15 is 0 Å². The van der Waals surface area contributed by atoms with Crippen LogP contribution in [0.25, 0.3) is 0 Å². The van der Waals surface area contributed by atoms with Crippen LogP contribution in [0.2, 0.25) is 0 Å². The Morgan fingerprint density at radius 1 is 1.29 bits per heavy atom. The van der Waals surface area contributed by atoms with Crippen molar-refractivity contribution in [1.82, 2.24) is 5.32 Å². The number of nitrogens with one attached hydrogen (secondary N) is 1.